The molecule has 0 saturated carbocycles. The van der Waals surface area contributed by atoms with Crippen LogP contribution in [0.3, 0.4) is 0 Å². The summed E-state index contributed by atoms with van der Waals surface area (Å²) in [5.74, 6) is -1.19. The summed E-state index contributed by atoms with van der Waals surface area (Å²) in [6.07, 6.45) is 0.837. The van der Waals surface area contributed by atoms with Gasteiger partial charge in [-0.15, -0.1) is 0 Å². The number of nitrogens with zero attached hydrogens (tertiary/aromatic N) is 2. The number of sulfonamides is 1. The molecule has 11 heteroatoms. The molecule has 2 N–H and O–H groups in total. The second-order valence-electron chi connectivity index (χ2n) is 6.61. The van der Waals surface area contributed by atoms with E-state index in [4.69, 9.17) is 0 Å². The molecule has 0 radical (unpaired) electrons. The zero-order chi connectivity index (χ0) is 21.6. The van der Waals surface area contributed by atoms with E-state index in [2.05, 4.69) is 10.6 Å². The SMILES string of the molecule is CC(=O)Nc1ccc(S(=O)(=O)N(C)CC(=O)NCCCN2C(=O)CCC2=O)cc1. The van der Waals surface area contributed by atoms with E-state index < -0.39 is 15.9 Å². The molecule has 1 aliphatic heterocycles. The molecule has 1 aromatic rings. The van der Waals surface area contributed by atoms with Crippen molar-refractivity contribution in [2.24, 2.45) is 0 Å². The van der Waals surface area contributed by atoms with Crippen LogP contribution in [0.4, 0.5) is 5.69 Å². The lowest BCUT2D eigenvalue weighted by atomic mass is 10.3. The fraction of sp³-hybridized carbons (Fsp3) is 0.444. The van der Waals surface area contributed by atoms with Gasteiger partial charge in [0.05, 0.1) is 11.4 Å². The first-order chi connectivity index (χ1) is 13.6. The molecule has 2 rings (SSSR count). The lowest BCUT2D eigenvalue weighted by Crippen LogP contribution is -2.39. The minimum absolute atomic E-state index is 0.00652. The molecule has 0 spiro atoms. The predicted molar refractivity (Wildman–Crippen MR) is 104 cm³/mol. The van der Waals surface area contributed by atoms with Crippen molar-refractivity contribution in [1.29, 1.82) is 0 Å². The maximum Gasteiger partial charge on any atom is 0.243 e. The third kappa shape index (κ3) is 6.09. The summed E-state index contributed by atoms with van der Waals surface area (Å²) in [5.41, 5.74) is 0.465. The molecule has 0 aliphatic carbocycles. The van der Waals surface area contributed by atoms with E-state index in [0.29, 0.717) is 12.1 Å². The summed E-state index contributed by atoms with van der Waals surface area (Å²) in [7, 11) is -2.59. The Bertz CT molecular complexity index is 881. The topological polar surface area (TPSA) is 133 Å². The highest BCUT2D eigenvalue weighted by Crippen LogP contribution is 2.17. The molecule has 158 valence electrons. The van der Waals surface area contributed by atoms with Gasteiger partial charge in [0.2, 0.25) is 33.7 Å². The maximum atomic E-state index is 12.6. The van der Waals surface area contributed by atoms with Gasteiger partial charge in [0.25, 0.3) is 0 Å². The molecule has 29 heavy (non-hydrogen) atoms. The summed E-state index contributed by atoms with van der Waals surface area (Å²) in [6, 6.07) is 5.62. The molecule has 0 bridgehead atoms. The minimum Gasteiger partial charge on any atom is -0.355 e. The summed E-state index contributed by atoms with van der Waals surface area (Å²) in [6.45, 7) is 1.41. The van der Waals surface area contributed by atoms with Crippen LogP contribution in [-0.2, 0) is 29.2 Å². The molecule has 1 saturated heterocycles. The molecule has 1 aromatic carbocycles. The van der Waals surface area contributed by atoms with Crippen molar-refractivity contribution in [3.8, 4) is 0 Å². The van der Waals surface area contributed by atoms with Crippen LogP contribution in [0.15, 0.2) is 29.2 Å². The number of carbonyl (C=O) groups is 4. The van der Waals surface area contributed by atoms with Gasteiger partial charge in [0.15, 0.2) is 0 Å². The summed E-state index contributed by atoms with van der Waals surface area (Å²) in [4.78, 5) is 47.2. The van der Waals surface area contributed by atoms with Crippen molar-refractivity contribution >= 4 is 39.3 Å². The van der Waals surface area contributed by atoms with Gasteiger partial charge in [0, 0.05) is 45.6 Å². The Labute approximate surface area is 169 Å². The van der Waals surface area contributed by atoms with Crippen LogP contribution < -0.4 is 10.6 Å². The Morgan fingerprint density at radius 1 is 1.10 bits per heavy atom. The van der Waals surface area contributed by atoms with Gasteiger partial charge < -0.3 is 10.6 Å². The molecule has 4 amide bonds. The standard InChI is InChI=1S/C18H24N4O6S/c1-13(23)20-14-4-6-15(7-5-14)29(27,28)21(2)12-16(24)19-10-3-11-22-17(25)8-9-18(22)26/h4-7H,3,8-12H2,1-2H3,(H,19,24)(H,20,23). The van der Waals surface area contributed by atoms with Gasteiger partial charge >= 0.3 is 0 Å². The van der Waals surface area contributed by atoms with Gasteiger partial charge in [0.1, 0.15) is 0 Å². The second kappa shape index (κ2) is 9.61. The van der Waals surface area contributed by atoms with Gasteiger partial charge in [-0.05, 0) is 30.7 Å². The number of carbonyl (C=O) groups excluding carboxylic acids is 4. The third-order valence-corrected chi connectivity index (χ3v) is 6.10. The van der Waals surface area contributed by atoms with Crippen molar-refractivity contribution in [2.75, 3.05) is 32.0 Å². The lowest BCUT2D eigenvalue weighted by molar-refractivity contribution is -0.138. The number of likely N-dealkylation sites (N-methyl/N-ethyl adjacent to an activating group) is 1. The highest BCUT2D eigenvalue weighted by molar-refractivity contribution is 7.89. The Hall–Kier alpha value is -2.79. The largest absolute Gasteiger partial charge is 0.355 e. The first-order valence-electron chi connectivity index (χ1n) is 9.05. The van der Waals surface area contributed by atoms with Crippen molar-refractivity contribution in [2.45, 2.75) is 31.1 Å². The number of hydrogen-bond donors (Lipinski definition) is 2. The number of anilines is 1. The zero-order valence-corrected chi connectivity index (χ0v) is 17.1. The lowest BCUT2D eigenvalue weighted by Gasteiger charge is -2.18. The normalized spacial score (nSPS) is 14.4. The Morgan fingerprint density at radius 2 is 1.69 bits per heavy atom. The first-order valence-corrected chi connectivity index (χ1v) is 10.5. The number of imide groups is 1. The van der Waals surface area contributed by atoms with Gasteiger partial charge in [-0.3, -0.25) is 24.1 Å². The van der Waals surface area contributed by atoms with E-state index in [1.54, 1.807) is 0 Å². The average Bonchev–Trinajstić information content (AvgIpc) is 2.96. The van der Waals surface area contributed by atoms with Crippen molar-refractivity contribution in [3.63, 3.8) is 0 Å². The molecule has 0 unspecified atom stereocenters. The van der Waals surface area contributed by atoms with Gasteiger partial charge in [-0.1, -0.05) is 0 Å². The number of amides is 4. The van der Waals surface area contributed by atoms with Crippen LogP contribution in [0, 0.1) is 0 Å². The van der Waals surface area contributed by atoms with Gasteiger partial charge in [-0.2, -0.15) is 4.31 Å². The average molecular weight is 424 g/mol. The number of rotatable bonds is 9. The number of likely N-dealkylation sites (tertiary alicyclic amines) is 1. The summed E-state index contributed by atoms with van der Waals surface area (Å²) < 4.78 is 26.0. The molecule has 0 atom stereocenters. The number of nitrogens with one attached hydrogen (secondary N) is 2. The van der Waals surface area contributed by atoms with E-state index in [0.717, 1.165) is 4.31 Å². The highest BCUT2D eigenvalue weighted by atomic mass is 32.2. The molecule has 1 fully saturated rings. The van der Waals surface area contributed by atoms with Gasteiger partial charge in [-0.25, -0.2) is 8.42 Å². The number of benzene rings is 1. The van der Waals surface area contributed by atoms with Crippen LogP contribution in [-0.4, -0.2) is 67.9 Å². The van der Waals surface area contributed by atoms with Crippen LogP contribution >= 0.6 is 0 Å². The van der Waals surface area contributed by atoms with E-state index in [-0.39, 0.29) is 55.1 Å². The van der Waals surface area contributed by atoms with Crippen molar-refractivity contribution in [3.05, 3.63) is 24.3 Å². The van der Waals surface area contributed by atoms with E-state index >= 15 is 0 Å². The molecule has 1 aliphatic rings. The molecule has 10 nitrogen and oxygen atoms in total. The quantitative estimate of drug-likeness (QED) is 0.421. The fourth-order valence-corrected chi connectivity index (χ4v) is 3.90. The summed E-state index contributed by atoms with van der Waals surface area (Å²) in [5, 5.41) is 5.12. The smallest absolute Gasteiger partial charge is 0.243 e. The van der Waals surface area contributed by atoms with E-state index in [9.17, 15) is 27.6 Å². The molecular weight excluding hydrogens is 400 g/mol. The van der Waals surface area contributed by atoms with Crippen molar-refractivity contribution < 1.29 is 27.6 Å². The summed E-state index contributed by atoms with van der Waals surface area (Å²) >= 11 is 0. The maximum absolute atomic E-state index is 12.6. The molecule has 1 heterocycles. The number of hydrogen-bond acceptors (Lipinski definition) is 6. The monoisotopic (exact) mass is 424 g/mol. The Kier molecular flexibility index (Phi) is 7.46. The van der Waals surface area contributed by atoms with Crippen LogP contribution in [0.2, 0.25) is 0 Å². The van der Waals surface area contributed by atoms with Crippen molar-refractivity contribution in [1.82, 2.24) is 14.5 Å². The second-order valence-corrected chi connectivity index (χ2v) is 8.65. The third-order valence-electron chi connectivity index (χ3n) is 4.28. The van der Waals surface area contributed by atoms with Crippen LogP contribution in [0.1, 0.15) is 26.2 Å². The predicted octanol–water partition coefficient (Wildman–Crippen LogP) is -0.0792. The minimum atomic E-state index is -3.88. The van der Waals surface area contributed by atoms with Crippen LogP contribution in [0.5, 0.6) is 0 Å². The van der Waals surface area contributed by atoms with E-state index in [1.165, 1.54) is 43.1 Å². The van der Waals surface area contributed by atoms with Crippen LogP contribution in [0.25, 0.3) is 0 Å². The molecular formula is C18H24N4O6S. The van der Waals surface area contributed by atoms with E-state index in [1.807, 2.05) is 0 Å². The fourth-order valence-electron chi connectivity index (χ4n) is 2.77. The zero-order valence-electron chi connectivity index (χ0n) is 16.3. The first kappa shape index (κ1) is 22.5. The Balaban J connectivity index is 1.82. The highest BCUT2D eigenvalue weighted by Gasteiger charge is 2.28. The molecule has 0 aromatic heterocycles. The Morgan fingerprint density at radius 3 is 2.24 bits per heavy atom.